The van der Waals surface area contributed by atoms with Gasteiger partial charge in [-0.15, -0.1) is 0 Å². The van der Waals surface area contributed by atoms with Crippen LogP contribution in [0.2, 0.25) is 0 Å². The van der Waals surface area contributed by atoms with E-state index in [0.29, 0.717) is 12.8 Å². The molecule has 150 valence electrons. The molecule has 0 aliphatic heterocycles. The smallest absolute Gasteiger partial charge is 0.306 e. The van der Waals surface area contributed by atoms with Crippen molar-refractivity contribution in [1.82, 2.24) is 0 Å². The van der Waals surface area contributed by atoms with Crippen LogP contribution in [0.4, 0.5) is 0 Å². The summed E-state index contributed by atoms with van der Waals surface area (Å²) in [5, 5.41) is 0. The van der Waals surface area contributed by atoms with Gasteiger partial charge in [-0.25, -0.2) is 0 Å². The molecule has 2 rings (SSSR count). The molecule has 5 atom stereocenters. The summed E-state index contributed by atoms with van der Waals surface area (Å²) in [5.41, 5.74) is 1.41. The first-order valence-electron chi connectivity index (χ1n) is 9.73. The minimum Gasteiger partial charge on any atom is -0.461 e. The number of carbonyl (C=O) groups is 3. The van der Waals surface area contributed by atoms with Gasteiger partial charge in [0.2, 0.25) is 0 Å². The lowest BCUT2D eigenvalue weighted by molar-refractivity contribution is -0.167. The molecule has 5 heteroatoms. The highest BCUT2D eigenvalue weighted by atomic mass is 16.6. The van der Waals surface area contributed by atoms with Gasteiger partial charge in [0.25, 0.3) is 0 Å². The molecule has 0 amide bonds. The number of ether oxygens (including phenoxy) is 2. The van der Waals surface area contributed by atoms with Crippen LogP contribution in [0.3, 0.4) is 0 Å². The van der Waals surface area contributed by atoms with E-state index < -0.39 is 17.5 Å². The Bertz CT molecular complexity index is 674. The fourth-order valence-corrected chi connectivity index (χ4v) is 4.70. The van der Waals surface area contributed by atoms with E-state index in [9.17, 15) is 14.4 Å². The van der Waals surface area contributed by atoms with E-state index in [4.69, 9.17) is 9.47 Å². The molecule has 2 aliphatic rings. The van der Waals surface area contributed by atoms with E-state index in [0.717, 1.165) is 17.6 Å². The molecule has 0 bridgehead atoms. The molecule has 0 N–H and O–H groups in total. The van der Waals surface area contributed by atoms with Gasteiger partial charge < -0.3 is 9.47 Å². The van der Waals surface area contributed by atoms with Crippen molar-refractivity contribution in [2.24, 2.45) is 23.2 Å². The molecule has 0 heterocycles. The van der Waals surface area contributed by atoms with E-state index in [2.05, 4.69) is 6.58 Å². The predicted molar refractivity (Wildman–Crippen MR) is 103 cm³/mol. The van der Waals surface area contributed by atoms with Crippen LogP contribution < -0.4 is 0 Å². The van der Waals surface area contributed by atoms with Crippen molar-refractivity contribution >= 4 is 17.7 Å². The Morgan fingerprint density at radius 2 is 1.93 bits per heavy atom. The van der Waals surface area contributed by atoms with Crippen molar-refractivity contribution in [2.75, 3.05) is 0 Å². The van der Waals surface area contributed by atoms with Crippen molar-refractivity contribution in [3.05, 3.63) is 23.8 Å². The highest BCUT2D eigenvalue weighted by Gasteiger charge is 2.59. The maximum absolute atomic E-state index is 12.5. The van der Waals surface area contributed by atoms with Crippen molar-refractivity contribution in [3.63, 3.8) is 0 Å². The number of esters is 2. The average molecular weight is 376 g/mol. The third kappa shape index (κ3) is 4.17. The van der Waals surface area contributed by atoms with Gasteiger partial charge in [-0.2, -0.15) is 0 Å². The molecule has 1 saturated carbocycles. The molecule has 1 spiro atoms. The quantitative estimate of drug-likeness (QED) is 0.535. The summed E-state index contributed by atoms with van der Waals surface area (Å²) in [6.07, 6.45) is 2.13. The van der Waals surface area contributed by atoms with Gasteiger partial charge in [-0.05, 0) is 44.6 Å². The highest BCUT2D eigenvalue weighted by molar-refractivity contribution is 5.97. The van der Waals surface area contributed by atoms with E-state index in [1.165, 1.54) is 6.92 Å². The number of carbonyl (C=O) groups excluding carboxylic acids is 3. The van der Waals surface area contributed by atoms with Crippen LogP contribution in [0.5, 0.6) is 0 Å². The highest BCUT2D eigenvalue weighted by Crippen LogP contribution is 2.57. The minimum absolute atomic E-state index is 0.193. The summed E-state index contributed by atoms with van der Waals surface area (Å²) in [6, 6.07) is 0. The minimum atomic E-state index is -0.846. The van der Waals surface area contributed by atoms with Crippen LogP contribution >= 0.6 is 0 Å². The molecule has 2 aliphatic carbocycles. The Morgan fingerprint density at radius 1 is 1.30 bits per heavy atom. The fraction of sp³-hybridized carbons (Fsp3) is 0.682. The Morgan fingerprint density at radius 3 is 2.44 bits per heavy atom. The lowest BCUT2D eigenvalue weighted by atomic mass is 9.62. The summed E-state index contributed by atoms with van der Waals surface area (Å²) in [5.74, 6) is -0.780. The van der Waals surface area contributed by atoms with Gasteiger partial charge >= 0.3 is 11.9 Å². The lowest BCUT2D eigenvalue weighted by Gasteiger charge is -2.46. The Hall–Kier alpha value is -1.91. The first-order valence-corrected chi connectivity index (χ1v) is 9.73. The normalized spacial score (nSPS) is 33.1. The number of rotatable bonds is 5. The second kappa shape index (κ2) is 7.99. The molecule has 0 radical (unpaired) electrons. The maximum atomic E-state index is 12.5. The second-order valence-corrected chi connectivity index (χ2v) is 8.65. The summed E-state index contributed by atoms with van der Waals surface area (Å²) < 4.78 is 11.3. The Kier molecular flexibility index (Phi) is 6.33. The Balaban J connectivity index is 2.44. The maximum Gasteiger partial charge on any atom is 0.306 e. The third-order valence-electron chi connectivity index (χ3n) is 6.14. The van der Waals surface area contributed by atoms with Crippen molar-refractivity contribution in [3.8, 4) is 0 Å². The van der Waals surface area contributed by atoms with Gasteiger partial charge in [-0.3, -0.25) is 14.4 Å². The number of allylic oxidation sites excluding steroid dienone is 1. The third-order valence-corrected chi connectivity index (χ3v) is 6.14. The van der Waals surface area contributed by atoms with Gasteiger partial charge in [-0.1, -0.05) is 38.5 Å². The standard InChI is InChI=1S/C22H32O5/c1-12(2)8-20(25)27-19-10-17(13(3)4)11-22(19)14(5)9-18(24)21(15(22)6)26-16(7)23/h9,12,15,17,19,21H,3,8,10-11H2,1-2,4-7H3/t15-,17-,19-,21-,22-/m1/s1. The molecular weight excluding hydrogens is 344 g/mol. The van der Waals surface area contributed by atoms with Crippen molar-refractivity contribution in [1.29, 1.82) is 0 Å². The fourth-order valence-electron chi connectivity index (χ4n) is 4.70. The molecule has 0 saturated heterocycles. The van der Waals surface area contributed by atoms with E-state index in [-0.39, 0.29) is 35.6 Å². The monoisotopic (exact) mass is 376 g/mol. The molecule has 1 fully saturated rings. The first kappa shape index (κ1) is 21.4. The molecule has 27 heavy (non-hydrogen) atoms. The zero-order valence-electron chi connectivity index (χ0n) is 17.3. The molecule has 0 unspecified atom stereocenters. The molecule has 5 nitrogen and oxygen atoms in total. The SMILES string of the molecule is C=C(C)[C@@H]1C[C@@H](OC(=O)CC(C)C)[C@]2(C1)C(C)=CC(=O)[C@H](OC(C)=O)[C@H]2C. The predicted octanol–water partition coefficient (Wildman–Crippen LogP) is 4.01. The van der Waals surface area contributed by atoms with Crippen LogP contribution in [-0.4, -0.2) is 29.9 Å². The van der Waals surface area contributed by atoms with Crippen LogP contribution in [0, 0.1) is 23.2 Å². The zero-order chi connectivity index (χ0) is 20.5. The van der Waals surface area contributed by atoms with E-state index in [1.807, 2.05) is 34.6 Å². The zero-order valence-corrected chi connectivity index (χ0v) is 17.3. The van der Waals surface area contributed by atoms with Gasteiger partial charge in [0, 0.05) is 24.7 Å². The van der Waals surface area contributed by atoms with E-state index >= 15 is 0 Å². The number of hydrogen-bond donors (Lipinski definition) is 0. The largest absolute Gasteiger partial charge is 0.461 e. The second-order valence-electron chi connectivity index (χ2n) is 8.65. The van der Waals surface area contributed by atoms with Gasteiger partial charge in [0.05, 0.1) is 0 Å². The van der Waals surface area contributed by atoms with Crippen LogP contribution in [-0.2, 0) is 23.9 Å². The average Bonchev–Trinajstić information content (AvgIpc) is 2.89. The molecule has 0 aromatic carbocycles. The van der Waals surface area contributed by atoms with Crippen molar-refractivity contribution < 1.29 is 23.9 Å². The lowest BCUT2D eigenvalue weighted by Crippen LogP contribution is -2.51. The molecule has 0 aromatic rings. The Labute approximate surface area is 162 Å². The topological polar surface area (TPSA) is 69.7 Å². The van der Waals surface area contributed by atoms with E-state index in [1.54, 1.807) is 6.08 Å². The summed E-state index contributed by atoms with van der Waals surface area (Å²) in [4.78, 5) is 36.5. The first-order chi connectivity index (χ1) is 12.5. The summed E-state index contributed by atoms with van der Waals surface area (Å²) in [7, 11) is 0. The summed E-state index contributed by atoms with van der Waals surface area (Å²) >= 11 is 0. The summed E-state index contributed by atoms with van der Waals surface area (Å²) in [6.45, 7) is 15.2. The van der Waals surface area contributed by atoms with Crippen molar-refractivity contribution in [2.45, 2.75) is 73.0 Å². The van der Waals surface area contributed by atoms with Gasteiger partial charge in [0.1, 0.15) is 6.10 Å². The molecular formula is C22H32O5. The number of hydrogen-bond acceptors (Lipinski definition) is 5. The van der Waals surface area contributed by atoms with Gasteiger partial charge in [0.15, 0.2) is 11.9 Å². The number of ketones is 1. The molecule has 0 aromatic heterocycles. The van der Waals surface area contributed by atoms with Crippen LogP contribution in [0.25, 0.3) is 0 Å². The van der Waals surface area contributed by atoms with Crippen LogP contribution in [0.1, 0.15) is 60.8 Å². The van der Waals surface area contributed by atoms with Crippen LogP contribution in [0.15, 0.2) is 23.8 Å².